The van der Waals surface area contributed by atoms with Crippen LogP contribution >= 0.6 is 0 Å². The van der Waals surface area contributed by atoms with E-state index in [1.54, 1.807) is 6.07 Å². The molecule has 2 bridgehead atoms. The number of fused-ring (bicyclic) bond motifs is 3. The Bertz CT molecular complexity index is 513. The standard InChI is InChI=1S/C15H19FN2O2/c16-13-7-10(1-2-12(13)15(19)20)8-17-14-9-18-5-3-11(14)4-6-18/h1-2,7,11,14,17H,3-6,8-9H2,(H,19,20). The number of rotatable bonds is 4. The van der Waals surface area contributed by atoms with Crippen molar-refractivity contribution in [3.8, 4) is 0 Å². The smallest absolute Gasteiger partial charge is 0.338 e. The molecule has 3 aliphatic rings. The van der Waals surface area contributed by atoms with Crippen molar-refractivity contribution in [3.63, 3.8) is 0 Å². The summed E-state index contributed by atoms with van der Waals surface area (Å²) in [7, 11) is 0. The number of piperidine rings is 3. The van der Waals surface area contributed by atoms with Crippen LogP contribution in [0.25, 0.3) is 0 Å². The van der Waals surface area contributed by atoms with E-state index in [9.17, 15) is 9.18 Å². The molecule has 3 heterocycles. The van der Waals surface area contributed by atoms with Gasteiger partial charge in [-0.3, -0.25) is 0 Å². The van der Waals surface area contributed by atoms with Crippen LogP contribution in [0.15, 0.2) is 18.2 Å². The van der Waals surface area contributed by atoms with Crippen molar-refractivity contribution in [3.05, 3.63) is 35.1 Å². The van der Waals surface area contributed by atoms with Crippen molar-refractivity contribution < 1.29 is 14.3 Å². The number of hydrogen-bond acceptors (Lipinski definition) is 3. The van der Waals surface area contributed by atoms with Crippen molar-refractivity contribution in [2.45, 2.75) is 25.4 Å². The van der Waals surface area contributed by atoms with Gasteiger partial charge in [-0.1, -0.05) is 6.07 Å². The molecule has 4 rings (SSSR count). The number of nitrogens with zero attached hydrogens (tertiary/aromatic N) is 1. The molecule has 2 N–H and O–H groups in total. The van der Waals surface area contributed by atoms with Crippen molar-refractivity contribution in [1.82, 2.24) is 10.2 Å². The SMILES string of the molecule is O=C(O)c1ccc(CNC2CN3CCC2CC3)cc1F. The van der Waals surface area contributed by atoms with Gasteiger partial charge >= 0.3 is 5.97 Å². The molecule has 0 aliphatic carbocycles. The van der Waals surface area contributed by atoms with Crippen LogP contribution in [-0.2, 0) is 6.54 Å². The van der Waals surface area contributed by atoms with Crippen molar-refractivity contribution in [1.29, 1.82) is 0 Å². The molecule has 0 amide bonds. The minimum absolute atomic E-state index is 0.267. The van der Waals surface area contributed by atoms with E-state index >= 15 is 0 Å². The number of hydrogen-bond donors (Lipinski definition) is 2. The highest BCUT2D eigenvalue weighted by molar-refractivity contribution is 5.87. The summed E-state index contributed by atoms with van der Waals surface area (Å²) in [5.74, 6) is -1.16. The monoisotopic (exact) mass is 278 g/mol. The van der Waals surface area contributed by atoms with Gasteiger partial charge in [0.1, 0.15) is 5.82 Å². The molecule has 1 aromatic rings. The van der Waals surface area contributed by atoms with Crippen molar-refractivity contribution >= 4 is 5.97 Å². The van der Waals surface area contributed by atoms with Crippen molar-refractivity contribution in [2.75, 3.05) is 19.6 Å². The molecule has 3 saturated heterocycles. The van der Waals surface area contributed by atoms with E-state index in [-0.39, 0.29) is 5.56 Å². The Balaban J connectivity index is 1.61. The Kier molecular flexibility index (Phi) is 3.72. The Morgan fingerprint density at radius 1 is 1.40 bits per heavy atom. The second-order valence-corrected chi connectivity index (χ2v) is 5.74. The molecule has 0 aromatic heterocycles. The summed E-state index contributed by atoms with van der Waals surface area (Å²) in [6, 6.07) is 4.81. The highest BCUT2D eigenvalue weighted by Gasteiger charge is 2.33. The number of carboxylic acid groups (broad SMARTS) is 1. The molecular weight excluding hydrogens is 259 g/mol. The van der Waals surface area contributed by atoms with Gasteiger partial charge in [0, 0.05) is 19.1 Å². The summed E-state index contributed by atoms with van der Waals surface area (Å²) in [5, 5.41) is 12.3. The average molecular weight is 278 g/mol. The number of carboxylic acids is 1. The van der Waals surface area contributed by atoms with E-state index in [1.165, 1.54) is 38.1 Å². The maximum absolute atomic E-state index is 13.6. The first kappa shape index (κ1) is 13.5. The Labute approximate surface area is 117 Å². The van der Waals surface area contributed by atoms with E-state index < -0.39 is 11.8 Å². The number of carbonyl (C=O) groups is 1. The second-order valence-electron chi connectivity index (χ2n) is 5.74. The fraction of sp³-hybridized carbons (Fsp3) is 0.533. The van der Waals surface area contributed by atoms with E-state index in [0.29, 0.717) is 12.6 Å². The third-order valence-corrected chi connectivity index (χ3v) is 4.49. The van der Waals surface area contributed by atoms with Gasteiger partial charge in [-0.2, -0.15) is 0 Å². The van der Waals surface area contributed by atoms with Gasteiger partial charge in [-0.15, -0.1) is 0 Å². The molecule has 1 aromatic carbocycles. The first-order valence-corrected chi connectivity index (χ1v) is 7.11. The Hall–Kier alpha value is -1.46. The van der Waals surface area contributed by atoms with Crippen LogP contribution in [0.1, 0.15) is 28.8 Å². The normalized spacial score (nSPS) is 28.6. The lowest BCUT2D eigenvalue weighted by atomic mass is 9.84. The third kappa shape index (κ3) is 2.69. The number of halogens is 1. The summed E-state index contributed by atoms with van der Waals surface area (Å²) in [6.45, 7) is 4.06. The first-order chi connectivity index (χ1) is 9.63. The van der Waals surface area contributed by atoms with E-state index in [0.717, 1.165) is 18.0 Å². The summed E-state index contributed by atoms with van der Waals surface area (Å²) in [6.07, 6.45) is 2.48. The topological polar surface area (TPSA) is 52.6 Å². The zero-order valence-corrected chi connectivity index (χ0v) is 11.3. The average Bonchev–Trinajstić information content (AvgIpc) is 2.46. The lowest BCUT2D eigenvalue weighted by Gasteiger charge is -2.45. The van der Waals surface area contributed by atoms with Crippen LogP contribution in [0.2, 0.25) is 0 Å². The van der Waals surface area contributed by atoms with E-state index in [2.05, 4.69) is 10.2 Å². The van der Waals surface area contributed by atoms with Crippen LogP contribution in [0.4, 0.5) is 4.39 Å². The van der Waals surface area contributed by atoms with Crippen molar-refractivity contribution in [2.24, 2.45) is 5.92 Å². The summed E-state index contributed by atoms with van der Waals surface area (Å²) < 4.78 is 13.6. The zero-order chi connectivity index (χ0) is 14.1. The predicted molar refractivity (Wildman–Crippen MR) is 73.2 cm³/mol. The second kappa shape index (κ2) is 5.50. The summed E-state index contributed by atoms with van der Waals surface area (Å²) in [5.41, 5.74) is 0.528. The molecular formula is C15H19FN2O2. The van der Waals surface area contributed by atoms with Crippen LogP contribution < -0.4 is 5.32 Å². The van der Waals surface area contributed by atoms with E-state index in [1.807, 2.05) is 0 Å². The van der Waals surface area contributed by atoms with Crippen LogP contribution in [0.5, 0.6) is 0 Å². The quantitative estimate of drug-likeness (QED) is 0.880. The lowest BCUT2D eigenvalue weighted by Crippen LogP contribution is -2.55. The molecule has 5 heteroatoms. The molecule has 1 unspecified atom stereocenters. The highest BCUT2D eigenvalue weighted by Crippen LogP contribution is 2.27. The molecule has 108 valence electrons. The third-order valence-electron chi connectivity index (χ3n) is 4.49. The molecule has 20 heavy (non-hydrogen) atoms. The molecule has 4 nitrogen and oxygen atoms in total. The fourth-order valence-electron chi connectivity index (χ4n) is 3.29. The Morgan fingerprint density at radius 2 is 2.15 bits per heavy atom. The zero-order valence-electron chi connectivity index (χ0n) is 11.3. The molecule has 3 fully saturated rings. The number of nitrogens with one attached hydrogen (secondary N) is 1. The number of aromatic carboxylic acids is 1. The molecule has 0 radical (unpaired) electrons. The van der Waals surface area contributed by atoms with Gasteiger partial charge in [-0.25, -0.2) is 9.18 Å². The maximum atomic E-state index is 13.6. The molecule has 3 aliphatic heterocycles. The van der Waals surface area contributed by atoms with Crippen LogP contribution in [0, 0.1) is 11.7 Å². The van der Waals surface area contributed by atoms with Crippen LogP contribution in [-0.4, -0.2) is 41.7 Å². The minimum atomic E-state index is -1.22. The fourth-order valence-corrected chi connectivity index (χ4v) is 3.29. The lowest BCUT2D eigenvalue weighted by molar-refractivity contribution is 0.0691. The molecule has 1 atom stereocenters. The minimum Gasteiger partial charge on any atom is -0.478 e. The largest absolute Gasteiger partial charge is 0.478 e. The molecule has 0 spiro atoms. The highest BCUT2D eigenvalue weighted by atomic mass is 19.1. The Morgan fingerprint density at radius 3 is 2.70 bits per heavy atom. The van der Waals surface area contributed by atoms with E-state index in [4.69, 9.17) is 5.11 Å². The first-order valence-electron chi connectivity index (χ1n) is 7.11. The summed E-state index contributed by atoms with van der Waals surface area (Å²) >= 11 is 0. The maximum Gasteiger partial charge on any atom is 0.338 e. The van der Waals surface area contributed by atoms with Crippen LogP contribution in [0.3, 0.4) is 0 Å². The van der Waals surface area contributed by atoms with Gasteiger partial charge < -0.3 is 15.3 Å². The molecule has 0 saturated carbocycles. The van der Waals surface area contributed by atoms with Gasteiger partial charge in [0.25, 0.3) is 0 Å². The predicted octanol–water partition coefficient (Wildman–Crippen LogP) is 1.71. The number of benzene rings is 1. The van der Waals surface area contributed by atoms with Gasteiger partial charge in [-0.05, 0) is 49.5 Å². The summed E-state index contributed by atoms with van der Waals surface area (Å²) in [4.78, 5) is 13.2. The van der Waals surface area contributed by atoms with Gasteiger partial charge in [0.15, 0.2) is 0 Å². The van der Waals surface area contributed by atoms with Gasteiger partial charge in [0.05, 0.1) is 5.56 Å². The van der Waals surface area contributed by atoms with Gasteiger partial charge in [0.2, 0.25) is 0 Å².